The molecule has 0 spiro atoms. The van der Waals surface area contributed by atoms with Crippen LogP contribution in [0.15, 0.2) is 11.4 Å². The van der Waals surface area contributed by atoms with E-state index in [9.17, 15) is 4.79 Å². The van der Waals surface area contributed by atoms with E-state index in [1.54, 1.807) is 11.3 Å². The van der Waals surface area contributed by atoms with Crippen LogP contribution in [0, 0.1) is 6.92 Å². The standard InChI is InChI=1S/C14H22N2OS2/c1-11-7-13(19-9-11)14(17)16-5-4-6-18-10-12(16)8-15(2)3/h7,9,12H,4-6,8,10H2,1-3H3/t12-/m1/s1. The van der Waals surface area contributed by atoms with Gasteiger partial charge in [0, 0.05) is 18.8 Å². The fourth-order valence-corrected chi connectivity index (χ4v) is 4.26. The van der Waals surface area contributed by atoms with E-state index in [1.807, 2.05) is 24.8 Å². The first kappa shape index (κ1) is 14.9. The maximum Gasteiger partial charge on any atom is 0.264 e. The van der Waals surface area contributed by atoms with Crippen molar-refractivity contribution in [1.82, 2.24) is 9.80 Å². The van der Waals surface area contributed by atoms with Gasteiger partial charge in [-0.15, -0.1) is 11.3 Å². The predicted molar refractivity (Wildman–Crippen MR) is 84.4 cm³/mol. The molecule has 0 unspecified atom stereocenters. The van der Waals surface area contributed by atoms with Gasteiger partial charge in [0.2, 0.25) is 0 Å². The molecule has 0 radical (unpaired) electrons. The van der Waals surface area contributed by atoms with Crippen LogP contribution in [-0.4, -0.2) is 60.4 Å². The molecule has 1 saturated heterocycles. The number of amides is 1. The summed E-state index contributed by atoms with van der Waals surface area (Å²) in [4.78, 5) is 17.8. The molecule has 0 N–H and O–H groups in total. The number of hydrogen-bond acceptors (Lipinski definition) is 4. The summed E-state index contributed by atoms with van der Waals surface area (Å²) in [5.74, 6) is 2.43. The molecule has 0 saturated carbocycles. The van der Waals surface area contributed by atoms with E-state index in [0.717, 1.165) is 35.9 Å². The number of likely N-dealkylation sites (N-methyl/N-ethyl adjacent to an activating group) is 1. The summed E-state index contributed by atoms with van der Waals surface area (Å²) in [5.41, 5.74) is 1.18. The zero-order chi connectivity index (χ0) is 13.8. The molecule has 1 aliphatic rings. The van der Waals surface area contributed by atoms with Crippen molar-refractivity contribution >= 4 is 29.0 Å². The Morgan fingerprint density at radius 3 is 2.95 bits per heavy atom. The number of aryl methyl sites for hydroxylation is 1. The Kier molecular flexibility index (Phi) is 5.30. The average Bonchev–Trinajstić information content (AvgIpc) is 2.65. The zero-order valence-corrected chi connectivity index (χ0v) is 13.5. The summed E-state index contributed by atoms with van der Waals surface area (Å²) in [6.45, 7) is 3.88. The molecule has 0 aliphatic carbocycles. The van der Waals surface area contributed by atoms with Crippen molar-refractivity contribution in [3.63, 3.8) is 0 Å². The van der Waals surface area contributed by atoms with Crippen LogP contribution in [0.1, 0.15) is 21.7 Å². The average molecular weight is 298 g/mol. The van der Waals surface area contributed by atoms with Crippen molar-refractivity contribution in [3.05, 3.63) is 21.9 Å². The van der Waals surface area contributed by atoms with Crippen molar-refractivity contribution < 1.29 is 4.79 Å². The van der Waals surface area contributed by atoms with Crippen LogP contribution in [0.4, 0.5) is 0 Å². The Morgan fingerprint density at radius 1 is 1.53 bits per heavy atom. The molecule has 1 aromatic rings. The van der Waals surface area contributed by atoms with E-state index in [0.29, 0.717) is 6.04 Å². The van der Waals surface area contributed by atoms with Gasteiger partial charge in [-0.2, -0.15) is 11.8 Å². The maximum absolute atomic E-state index is 12.7. The van der Waals surface area contributed by atoms with Crippen LogP contribution in [0.3, 0.4) is 0 Å². The van der Waals surface area contributed by atoms with E-state index in [2.05, 4.69) is 29.3 Å². The molecule has 3 nitrogen and oxygen atoms in total. The summed E-state index contributed by atoms with van der Waals surface area (Å²) in [5, 5.41) is 2.06. The summed E-state index contributed by atoms with van der Waals surface area (Å²) in [7, 11) is 4.15. The highest BCUT2D eigenvalue weighted by Gasteiger charge is 2.27. The van der Waals surface area contributed by atoms with Crippen LogP contribution in [-0.2, 0) is 0 Å². The highest BCUT2D eigenvalue weighted by atomic mass is 32.2. The van der Waals surface area contributed by atoms with Crippen LogP contribution in [0.2, 0.25) is 0 Å². The number of carbonyl (C=O) groups is 1. The summed E-state index contributed by atoms with van der Waals surface area (Å²) in [6.07, 6.45) is 1.10. The monoisotopic (exact) mass is 298 g/mol. The van der Waals surface area contributed by atoms with E-state index in [4.69, 9.17) is 0 Å². The Balaban J connectivity index is 2.14. The van der Waals surface area contributed by atoms with Gasteiger partial charge in [-0.3, -0.25) is 4.79 Å². The molecule has 1 aromatic heterocycles. The lowest BCUT2D eigenvalue weighted by Gasteiger charge is -2.31. The van der Waals surface area contributed by atoms with Gasteiger partial charge < -0.3 is 9.80 Å². The molecule has 5 heteroatoms. The van der Waals surface area contributed by atoms with Crippen LogP contribution in [0.25, 0.3) is 0 Å². The van der Waals surface area contributed by atoms with Gasteiger partial charge in [0.15, 0.2) is 0 Å². The minimum absolute atomic E-state index is 0.215. The molecule has 2 rings (SSSR count). The summed E-state index contributed by atoms with van der Waals surface area (Å²) < 4.78 is 0. The molecule has 0 aromatic carbocycles. The fourth-order valence-electron chi connectivity index (χ4n) is 2.35. The number of hydrogen-bond donors (Lipinski definition) is 0. The van der Waals surface area contributed by atoms with Crippen molar-refractivity contribution in [2.45, 2.75) is 19.4 Å². The second-order valence-corrected chi connectivity index (χ2v) is 7.39. The second kappa shape index (κ2) is 6.77. The lowest BCUT2D eigenvalue weighted by Crippen LogP contribution is -2.46. The Bertz CT molecular complexity index is 431. The molecule has 19 heavy (non-hydrogen) atoms. The second-order valence-electron chi connectivity index (χ2n) is 5.33. The van der Waals surface area contributed by atoms with E-state index in [1.165, 1.54) is 5.56 Å². The zero-order valence-electron chi connectivity index (χ0n) is 11.9. The van der Waals surface area contributed by atoms with Crippen LogP contribution >= 0.6 is 23.1 Å². The molecule has 1 aliphatic heterocycles. The van der Waals surface area contributed by atoms with Gasteiger partial charge >= 0.3 is 0 Å². The highest BCUT2D eigenvalue weighted by molar-refractivity contribution is 7.99. The van der Waals surface area contributed by atoms with Crippen molar-refractivity contribution in [2.75, 3.05) is 38.7 Å². The molecule has 0 bridgehead atoms. The van der Waals surface area contributed by atoms with Crippen molar-refractivity contribution in [1.29, 1.82) is 0 Å². The topological polar surface area (TPSA) is 23.6 Å². The molecule has 106 valence electrons. The minimum atomic E-state index is 0.215. The fraction of sp³-hybridized carbons (Fsp3) is 0.643. The molecular weight excluding hydrogens is 276 g/mol. The van der Waals surface area contributed by atoms with Gasteiger partial charge in [-0.1, -0.05) is 0 Å². The quantitative estimate of drug-likeness (QED) is 0.857. The first-order valence-corrected chi connectivity index (χ1v) is 8.70. The smallest absolute Gasteiger partial charge is 0.264 e. The number of nitrogens with zero attached hydrogens (tertiary/aromatic N) is 2. The normalized spacial score (nSPS) is 20.6. The Hall–Kier alpha value is -0.520. The third kappa shape index (κ3) is 3.97. The Labute approximate surface area is 124 Å². The SMILES string of the molecule is Cc1csc(C(=O)N2CCCSC[C@H]2CN(C)C)c1. The lowest BCUT2D eigenvalue weighted by atomic mass is 10.2. The summed E-state index contributed by atoms with van der Waals surface area (Å²) >= 11 is 3.54. The number of rotatable bonds is 3. The largest absolute Gasteiger partial charge is 0.333 e. The van der Waals surface area contributed by atoms with E-state index >= 15 is 0 Å². The van der Waals surface area contributed by atoms with E-state index < -0.39 is 0 Å². The molecular formula is C14H22N2OS2. The first-order valence-electron chi connectivity index (χ1n) is 6.66. The minimum Gasteiger partial charge on any atom is -0.333 e. The number of carbonyl (C=O) groups excluding carboxylic acids is 1. The van der Waals surface area contributed by atoms with Crippen LogP contribution in [0.5, 0.6) is 0 Å². The van der Waals surface area contributed by atoms with E-state index in [-0.39, 0.29) is 5.91 Å². The molecule has 1 fully saturated rings. The third-order valence-corrected chi connectivity index (χ3v) is 5.45. The molecule has 1 amide bonds. The Morgan fingerprint density at radius 2 is 2.32 bits per heavy atom. The molecule has 1 atom stereocenters. The van der Waals surface area contributed by atoms with Gasteiger partial charge in [-0.25, -0.2) is 0 Å². The lowest BCUT2D eigenvalue weighted by molar-refractivity contribution is 0.0680. The van der Waals surface area contributed by atoms with Crippen molar-refractivity contribution in [2.24, 2.45) is 0 Å². The van der Waals surface area contributed by atoms with Gasteiger partial charge in [0.25, 0.3) is 5.91 Å². The van der Waals surface area contributed by atoms with Crippen molar-refractivity contribution in [3.8, 4) is 0 Å². The third-order valence-electron chi connectivity index (χ3n) is 3.22. The predicted octanol–water partition coefficient (Wildman–Crippen LogP) is 2.57. The van der Waals surface area contributed by atoms with Gasteiger partial charge in [0.05, 0.1) is 10.9 Å². The number of thioether (sulfide) groups is 1. The van der Waals surface area contributed by atoms with Gasteiger partial charge in [0.1, 0.15) is 0 Å². The molecule has 2 heterocycles. The number of thiophene rings is 1. The van der Waals surface area contributed by atoms with Gasteiger partial charge in [-0.05, 0) is 50.2 Å². The van der Waals surface area contributed by atoms with Crippen LogP contribution < -0.4 is 0 Å². The maximum atomic E-state index is 12.7. The summed E-state index contributed by atoms with van der Waals surface area (Å²) in [6, 6.07) is 2.34. The highest BCUT2D eigenvalue weighted by Crippen LogP contribution is 2.22. The first-order chi connectivity index (χ1) is 9.08.